The summed E-state index contributed by atoms with van der Waals surface area (Å²) in [7, 11) is 0.233. The van der Waals surface area contributed by atoms with Crippen molar-refractivity contribution in [1.29, 1.82) is 0 Å². The maximum absolute atomic E-state index is 10.9. The van der Waals surface area contributed by atoms with E-state index in [2.05, 4.69) is 69.0 Å². The Morgan fingerprint density at radius 2 is 1.75 bits per heavy atom. The predicted molar refractivity (Wildman–Crippen MR) is 152 cm³/mol. The fourth-order valence-electron chi connectivity index (χ4n) is 6.48. The lowest BCUT2D eigenvalue weighted by Gasteiger charge is -2.42. The highest BCUT2D eigenvalue weighted by molar-refractivity contribution is 6.83. The lowest BCUT2D eigenvalue weighted by atomic mass is 9.68. The van der Waals surface area contributed by atoms with Crippen LogP contribution in [0.1, 0.15) is 56.6 Å². The molecule has 4 heteroatoms. The molecule has 2 aliphatic carbocycles. The lowest BCUT2D eigenvalue weighted by molar-refractivity contribution is 0.103. The molecule has 3 nitrogen and oxygen atoms in total. The summed E-state index contributed by atoms with van der Waals surface area (Å²) in [6, 6.07) is 18.9. The van der Waals surface area contributed by atoms with E-state index in [0.29, 0.717) is 6.61 Å². The predicted octanol–water partition coefficient (Wildman–Crippen LogP) is 7.66. The third-order valence-electron chi connectivity index (χ3n) is 8.25. The molecule has 1 saturated carbocycles. The first-order valence-electron chi connectivity index (χ1n) is 13.6. The van der Waals surface area contributed by atoms with Gasteiger partial charge in [-0.3, -0.25) is 0 Å². The van der Waals surface area contributed by atoms with Gasteiger partial charge in [0.2, 0.25) is 0 Å². The average Bonchev–Trinajstić information content (AvgIpc) is 3.19. The van der Waals surface area contributed by atoms with Crippen LogP contribution < -0.4 is 4.74 Å². The molecule has 0 saturated heterocycles. The van der Waals surface area contributed by atoms with Crippen LogP contribution in [0.3, 0.4) is 0 Å². The van der Waals surface area contributed by atoms with Gasteiger partial charge in [-0.2, -0.15) is 0 Å². The second-order valence-corrected chi connectivity index (χ2v) is 16.9. The van der Waals surface area contributed by atoms with Gasteiger partial charge < -0.3 is 14.6 Å². The van der Waals surface area contributed by atoms with Crippen molar-refractivity contribution in [2.24, 2.45) is 5.41 Å². The van der Waals surface area contributed by atoms with Crippen LogP contribution in [0, 0.1) is 5.41 Å². The van der Waals surface area contributed by atoms with Crippen LogP contribution in [-0.2, 0) is 17.8 Å². The molecule has 36 heavy (non-hydrogen) atoms. The summed E-state index contributed by atoms with van der Waals surface area (Å²) in [4.78, 5) is 0. The normalized spacial score (nSPS) is 22.2. The molecule has 0 radical (unpaired) electrons. The van der Waals surface area contributed by atoms with Crippen molar-refractivity contribution >= 4 is 8.07 Å². The fraction of sp³-hybridized carbons (Fsp3) is 0.500. The molecule has 2 atom stereocenters. The van der Waals surface area contributed by atoms with E-state index in [0.717, 1.165) is 57.3 Å². The van der Waals surface area contributed by atoms with E-state index in [1.165, 1.54) is 22.3 Å². The molecular formula is C32H44O3Si. The Hall–Kier alpha value is -2.14. The van der Waals surface area contributed by atoms with Crippen LogP contribution in [-0.4, -0.2) is 33.0 Å². The number of methoxy groups -OCH3 is 1. The van der Waals surface area contributed by atoms with Crippen molar-refractivity contribution in [3.8, 4) is 5.75 Å². The number of benzene rings is 2. The van der Waals surface area contributed by atoms with Crippen LogP contribution in [0.15, 0.2) is 76.5 Å². The minimum atomic E-state index is -1.50. The third kappa shape index (κ3) is 6.22. The molecule has 1 N–H and O–H groups in total. The summed E-state index contributed by atoms with van der Waals surface area (Å²) in [5.41, 5.74) is 7.23. The summed E-state index contributed by atoms with van der Waals surface area (Å²) in [5.74, 6) is 0.921. The van der Waals surface area contributed by atoms with Crippen molar-refractivity contribution in [2.45, 2.75) is 84.2 Å². The van der Waals surface area contributed by atoms with Crippen molar-refractivity contribution in [1.82, 2.24) is 0 Å². The molecule has 0 aliphatic heterocycles. The summed E-state index contributed by atoms with van der Waals surface area (Å²) >= 11 is 0. The molecular weight excluding hydrogens is 460 g/mol. The van der Waals surface area contributed by atoms with Gasteiger partial charge in [0.15, 0.2) is 0 Å². The van der Waals surface area contributed by atoms with E-state index in [1.54, 1.807) is 17.9 Å². The van der Waals surface area contributed by atoms with Crippen molar-refractivity contribution < 1.29 is 14.6 Å². The number of aliphatic hydroxyl groups excluding tert-OH is 1. The van der Waals surface area contributed by atoms with Gasteiger partial charge in [-0.1, -0.05) is 78.4 Å². The Kier molecular flexibility index (Phi) is 8.59. The molecule has 0 aromatic heterocycles. The first kappa shape index (κ1) is 26.9. The van der Waals surface area contributed by atoms with Gasteiger partial charge in [0.1, 0.15) is 5.75 Å². The van der Waals surface area contributed by atoms with Gasteiger partial charge in [0.05, 0.1) is 27.9 Å². The maximum Gasteiger partial charge on any atom is 0.119 e. The van der Waals surface area contributed by atoms with Crippen LogP contribution in [0.4, 0.5) is 0 Å². The maximum atomic E-state index is 10.9. The SMILES string of the molecule is COc1cccc(CCC2=C3CC(O)CC3(CCCOCc3ccccc3)CC([Si](C)(C)C)=C2C)c1. The van der Waals surface area contributed by atoms with Crippen LogP contribution in [0.2, 0.25) is 19.6 Å². The Morgan fingerprint density at radius 1 is 1.00 bits per heavy atom. The van der Waals surface area contributed by atoms with Gasteiger partial charge in [-0.25, -0.2) is 0 Å². The standard InChI is InChI=1S/C32H44O3Si/c1-24-29(16-15-25-13-9-14-28(19-25)34-2)30-20-27(33)21-32(30,22-31(24)36(3,4)5)17-10-18-35-23-26-11-7-6-8-12-26/h6-9,11-14,19,27,33H,10,15-18,20-23H2,1-5H3. The average molecular weight is 505 g/mol. The monoisotopic (exact) mass is 504 g/mol. The smallest absolute Gasteiger partial charge is 0.119 e. The van der Waals surface area contributed by atoms with Crippen LogP contribution in [0.5, 0.6) is 5.75 Å². The minimum Gasteiger partial charge on any atom is -0.497 e. The number of aliphatic hydroxyl groups is 1. The molecule has 0 amide bonds. The molecule has 0 bridgehead atoms. The number of fused-ring (bicyclic) bond motifs is 1. The van der Waals surface area contributed by atoms with Crippen LogP contribution in [0.25, 0.3) is 0 Å². The molecule has 0 heterocycles. The zero-order chi connectivity index (χ0) is 25.8. The van der Waals surface area contributed by atoms with E-state index in [1.807, 2.05) is 12.1 Å². The van der Waals surface area contributed by atoms with Gasteiger partial charge >= 0.3 is 0 Å². The Morgan fingerprint density at radius 3 is 2.47 bits per heavy atom. The fourth-order valence-corrected chi connectivity index (χ4v) is 8.63. The van der Waals surface area contributed by atoms with Crippen molar-refractivity contribution in [3.63, 3.8) is 0 Å². The largest absolute Gasteiger partial charge is 0.497 e. The molecule has 2 aromatic rings. The minimum absolute atomic E-state index is 0.0916. The van der Waals surface area contributed by atoms with E-state index in [9.17, 15) is 5.11 Å². The zero-order valence-electron chi connectivity index (χ0n) is 22.9. The second kappa shape index (κ2) is 11.5. The molecule has 2 aromatic carbocycles. The van der Waals surface area contributed by atoms with E-state index >= 15 is 0 Å². The highest BCUT2D eigenvalue weighted by atomic mass is 28.3. The van der Waals surface area contributed by atoms with Crippen molar-refractivity contribution in [2.75, 3.05) is 13.7 Å². The van der Waals surface area contributed by atoms with Crippen LogP contribution >= 0.6 is 0 Å². The van der Waals surface area contributed by atoms with Gasteiger partial charge in [-0.15, -0.1) is 0 Å². The summed E-state index contributed by atoms with van der Waals surface area (Å²) in [6.07, 6.45) is 6.77. The zero-order valence-corrected chi connectivity index (χ0v) is 23.9. The first-order valence-corrected chi connectivity index (χ1v) is 17.1. The Bertz CT molecular complexity index is 1100. The highest BCUT2D eigenvalue weighted by Crippen LogP contribution is 2.57. The quantitative estimate of drug-likeness (QED) is 0.252. The number of hydrogen-bond acceptors (Lipinski definition) is 3. The van der Waals surface area contributed by atoms with Gasteiger partial charge in [0.25, 0.3) is 0 Å². The summed E-state index contributed by atoms with van der Waals surface area (Å²) < 4.78 is 11.5. The van der Waals surface area contributed by atoms with E-state index < -0.39 is 8.07 Å². The number of aryl methyl sites for hydroxylation is 1. The summed E-state index contributed by atoms with van der Waals surface area (Å²) in [5, 5.41) is 12.6. The molecule has 4 rings (SSSR count). The first-order chi connectivity index (χ1) is 17.2. The highest BCUT2D eigenvalue weighted by Gasteiger charge is 2.48. The number of ether oxygens (including phenoxy) is 2. The number of rotatable bonds is 11. The second-order valence-electron chi connectivity index (χ2n) is 11.8. The number of allylic oxidation sites excluding steroid dienone is 3. The van der Waals surface area contributed by atoms with Gasteiger partial charge in [0, 0.05) is 6.61 Å². The third-order valence-corrected chi connectivity index (χ3v) is 10.6. The molecule has 194 valence electrons. The molecule has 1 fully saturated rings. The van der Waals surface area contributed by atoms with Gasteiger partial charge in [-0.05, 0) is 86.1 Å². The lowest BCUT2D eigenvalue weighted by Crippen LogP contribution is -2.35. The molecule has 2 aliphatic rings. The van der Waals surface area contributed by atoms with Crippen molar-refractivity contribution in [3.05, 3.63) is 87.6 Å². The Labute approximate surface area is 219 Å². The topological polar surface area (TPSA) is 38.7 Å². The molecule has 0 spiro atoms. The van der Waals surface area contributed by atoms with E-state index in [4.69, 9.17) is 9.47 Å². The molecule has 2 unspecified atom stereocenters. The Balaban J connectivity index is 1.54. The van der Waals surface area contributed by atoms with E-state index in [-0.39, 0.29) is 11.5 Å². The summed E-state index contributed by atoms with van der Waals surface area (Å²) in [6.45, 7) is 11.3. The number of hydrogen-bond donors (Lipinski definition) is 1.